The molecule has 0 amide bonds. The van der Waals surface area contributed by atoms with Crippen LogP contribution < -0.4 is 0 Å². The van der Waals surface area contributed by atoms with Crippen molar-refractivity contribution in [3.05, 3.63) is 5.82 Å². The Morgan fingerprint density at radius 3 is 2.82 bits per heavy atom. The van der Waals surface area contributed by atoms with Gasteiger partial charge in [0.1, 0.15) is 5.71 Å². The molecule has 1 N–H and O–H groups in total. The van der Waals surface area contributed by atoms with E-state index in [4.69, 9.17) is 5.21 Å². The van der Waals surface area contributed by atoms with Crippen molar-refractivity contribution in [2.45, 2.75) is 13.3 Å². The molecule has 0 bridgehead atoms. The Bertz CT molecular complexity index is 266. The lowest BCUT2D eigenvalue weighted by Crippen LogP contribution is -2.08. The average molecular weight is 155 g/mol. The minimum atomic E-state index is 0.484. The molecule has 0 aromatic carbocycles. The van der Waals surface area contributed by atoms with Gasteiger partial charge in [-0.1, -0.05) is 12.1 Å². The van der Waals surface area contributed by atoms with E-state index in [1.54, 1.807) is 7.05 Å². The summed E-state index contributed by atoms with van der Waals surface area (Å²) in [5.41, 5.74) is 0.484. The third-order valence-electron chi connectivity index (χ3n) is 1.33. The molecule has 0 fully saturated rings. The van der Waals surface area contributed by atoms with Crippen LogP contribution >= 0.6 is 0 Å². The predicted molar refractivity (Wildman–Crippen MR) is 37.4 cm³/mol. The summed E-state index contributed by atoms with van der Waals surface area (Å²) in [6.45, 7) is 1.86. The fraction of sp³-hybridized carbons (Fsp3) is 0.600. The molecule has 6 heteroatoms. The second-order valence-corrected chi connectivity index (χ2v) is 2.03. The van der Waals surface area contributed by atoms with Crippen molar-refractivity contribution in [2.75, 3.05) is 0 Å². The molecule has 0 spiro atoms. The molecular formula is C5H9N5O. The molecule has 0 saturated heterocycles. The largest absolute Gasteiger partial charge is 0.411 e. The highest BCUT2D eigenvalue weighted by molar-refractivity contribution is 5.96. The highest BCUT2D eigenvalue weighted by Crippen LogP contribution is 1.96. The van der Waals surface area contributed by atoms with Crippen LogP contribution in [0.2, 0.25) is 0 Å². The first-order valence-electron chi connectivity index (χ1n) is 3.23. The van der Waals surface area contributed by atoms with Gasteiger partial charge >= 0.3 is 0 Å². The Balaban J connectivity index is 3.00. The fourth-order valence-corrected chi connectivity index (χ4v) is 0.747. The Labute approximate surface area is 63.5 Å². The van der Waals surface area contributed by atoms with E-state index in [0.29, 0.717) is 18.0 Å². The number of aromatic nitrogens is 4. The monoisotopic (exact) mass is 155 g/mol. The van der Waals surface area contributed by atoms with E-state index in [2.05, 4.69) is 20.7 Å². The highest BCUT2D eigenvalue weighted by Gasteiger charge is 2.08. The van der Waals surface area contributed by atoms with E-state index >= 15 is 0 Å². The van der Waals surface area contributed by atoms with E-state index < -0.39 is 0 Å². The summed E-state index contributed by atoms with van der Waals surface area (Å²) in [4.78, 5) is 0. The molecule has 1 aromatic heterocycles. The maximum Gasteiger partial charge on any atom is 0.199 e. The van der Waals surface area contributed by atoms with E-state index in [9.17, 15) is 0 Å². The average Bonchev–Trinajstić information content (AvgIpc) is 2.40. The van der Waals surface area contributed by atoms with Gasteiger partial charge in [0.05, 0.1) is 0 Å². The van der Waals surface area contributed by atoms with Gasteiger partial charge < -0.3 is 5.21 Å². The minimum absolute atomic E-state index is 0.484. The molecule has 11 heavy (non-hydrogen) atoms. The molecule has 0 aliphatic heterocycles. The standard InChI is InChI=1S/C5H9N5O/c1-3-4(7-11)5-6-8-9-10(5)2/h11H,3H2,1-2H3/b7-4+. The van der Waals surface area contributed by atoms with Gasteiger partial charge in [0.25, 0.3) is 0 Å². The summed E-state index contributed by atoms with van der Waals surface area (Å²) in [5, 5.41) is 22.2. The Hall–Kier alpha value is -1.46. The van der Waals surface area contributed by atoms with Gasteiger partial charge in [-0.05, 0) is 16.8 Å². The molecule has 0 atom stereocenters. The van der Waals surface area contributed by atoms with E-state index in [0.717, 1.165) is 0 Å². The summed E-state index contributed by atoms with van der Waals surface area (Å²) in [5.74, 6) is 0.495. The zero-order chi connectivity index (χ0) is 8.27. The smallest absolute Gasteiger partial charge is 0.199 e. The lowest BCUT2D eigenvalue weighted by molar-refractivity contribution is 0.317. The van der Waals surface area contributed by atoms with E-state index in [-0.39, 0.29) is 0 Å². The second-order valence-electron chi connectivity index (χ2n) is 2.03. The number of rotatable bonds is 2. The molecule has 6 nitrogen and oxygen atoms in total. The van der Waals surface area contributed by atoms with Crippen molar-refractivity contribution in [2.24, 2.45) is 12.2 Å². The van der Waals surface area contributed by atoms with Gasteiger partial charge in [0.2, 0.25) is 0 Å². The van der Waals surface area contributed by atoms with Crippen LogP contribution in [0.5, 0.6) is 0 Å². The second kappa shape index (κ2) is 3.09. The molecule has 0 radical (unpaired) electrons. The summed E-state index contributed by atoms with van der Waals surface area (Å²) in [6.07, 6.45) is 0.602. The first-order chi connectivity index (χ1) is 5.29. The van der Waals surface area contributed by atoms with Crippen molar-refractivity contribution < 1.29 is 5.21 Å². The van der Waals surface area contributed by atoms with Gasteiger partial charge in [0.15, 0.2) is 5.82 Å². The molecule has 0 unspecified atom stereocenters. The lowest BCUT2D eigenvalue weighted by Gasteiger charge is -1.95. The van der Waals surface area contributed by atoms with Crippen molar-refractivity contribution in [3.63, 3.8) is 0 Å². The SMILES string of the molecule is CC/C(=N\O)c1nnnn1C. The Morgan fingerprint density at radius 1 is 1.73 bits per heavy atom. The molecule has 60 valence electrons. The van der Waals surface area contributed by atoms with Crippen LogP contribution in [0.4, 0.5) is 0 Å². The van der Waals surface area contributed by atoms with Crippen LogP contribution in [-0.4, -0.2) is 31.1 Å². The molecule has 1 heterocycles. The van der Waals surface area contributed by atoms with Gasteiger partial charge in [-0.3, -0.25) is 0 Å². The lowest BCUT2D eigenvalue weighted by atomic mass is 10.3. The molecule has 0 saturated carbocycles. The summed E-state index contributed by atoms with van der Waals surface area (Å²) < 4.78 is 1.46. The van der Waals surface area contributed by atoms with E-state index in [1.807, 2.05) is 6.92 Å². The Morgan fingerprint density at radius 2 is 2.45 bits per heavy atom. The van der Waals surface area contributed by atoms with Crippen LogP contribution in [0.25, 0.3) is 0 Å². The van der Waals surface area contributed by atoms with Crippen molar-refractivity contribution in [1.82, 2.24) is 20.2 Å². The van der Waals surface area contributed by atoms with Crippen molar-refractivity contribution in [1.29, 1.82) is 0 Å². The summed E-state index contributed by atoms with van der Waals surface area (Å²) in [6, 6.07) is 0. The fourth-order valence-electron chi connectivity index (χ4n) is 0.747. The molecule has 0 aliphatic carbocycles. The first kappa shape index (κ1) is 7.64. The summed E-state index contributed by atoms with van der Waals surface area (Å²) in [7, 11) is 1.69. The van der Waals surface area contributed by atoms with Gasteiger partial charge in [0, 0.05) is 7.05 Å². The van der Waals surface area contributed by atoms with Crippen LogP contribution in [0.15, 0.2) is 5.16 Å². The first-order valence-corrected chi connectivity index (χ1v) is 3.23. The van der Waals surface area contributed by atoms with Crippen LogP contribution in [0.1, 0.15) is 19.2 Å². The molecule has 0 aliphatic rings. The number of nitrogens with zero attached hydrogens (tertiary/aromatic N) is 5. The molecule has 1 aromatic rings. The minimum Gasteiger partial charge on any atom is -0.411 e. The highest BCUT2D eigenvalue weighted by atomic mass is 16.4. The number of tetrazole rings is 1. The van der Waals surface area contributed by atoms with Crippen molar-refractivity contribution >= 4 is 5.71 Å². The maximum absolute atomic E-state index is 8.50. The Kier molecular flexibility index (Phi) is 2.15. The van der Waals surface area contributed by atoms with Crippen LogP contribution in [0, 0.1) is 0 Å². The number of oxime groups is 1. The van der Waals surface area contributed by atoms with Crippen molar-refractivity contribution in [3.8, 4) is 0 Å². The quantitative estimate of drug-likeness (QED) is 0.364. The third kappa shape index (κ3) is 1.34. The zero-order valence-corrected chi connectivity index (χ0v) is 6.39. The van der Waals surface area contributed by atoms with Crippen LogP contribution in [0.3, 0.4) is 0 Å². The van der Waals surface area contributed by atoms with Crippen LogP contribution in [-0.2, 0) is 7.05 Å². The van der Waals surface area contributed by atoms with E-state index in [1.165, 1.54) is 4.68 Å². The number of hydrogen-bond donors (Lipinski definition) is 1. The normalized spacial score (nSPS) is 12.0. The third-order valence-corrected chi connectivity index (χ3v) is 1.33. The zero-order valence-electron chi connectivity index (χ0n) is 6.39. The summed E-state index contributed by atoms with van der Waals surface area (Å²) >= 11 is 0. The van der Waals surface area contributed by atoms with Gasteiger partial charge in [-0.25, -0.2) is 4.68 Å². The number of hydrogen-bond acceptors (Lipinski definition) is 5. The topological polar surface area (TPSA) is 76.2 Å². The molecular weight excluding hydrogens is 146 g/mol. The van der Waals surface area contributed by atoms with Gasteiger partial charge in [-0.15, -0.1) is 5.10 Å². The molecule has 1 rings (SSSR count). The maximum atomic E-state index is 8.50. The number of aryl methyl sites for hydroxylation is 1. The predicted octanol–water partition coefficient (Wildman–Crippen LogP) is -0.202. The van der Waals surface area contributed by atoms with Gasteiger partial charge in [-0.2, -0.15) is 0 Å².